The summed E-state index contributed by atoms with van der Waals surface area (Å²) in [5, 5.41) is 2.52. The molecule has 5 nitrogen and oxygen atoms in total. The van der Waals surface area contributed by atoms with E-state index in [2.05, 4.69) is 10.1 Å². The molecule has 126 valence electrons. The lowest BCUT2D eigenvalue weighted by molar-refractivity contribution is -0.119. The molecular formula is C16H12ClF2NO4. The van der Waals surface area contributed by atoms with Crippen molar-refractivity contribution in [3.63, 3.8) is 0 Å². The van der Waals surface area contributed by atoms with Gasteiger partial charge in [-0.25, -0.2) is 4.79 Å². The molecule has 0 bridgehead atoms. The first-order valence-corrected chi connectivity index (χ1v) is 7.10. The van der Waals surface area contributed by atoms with E-state index in [0.29, 0.717) is 0 Å². The van der Waals surface area contributed by atoms with Gasteiger partial charge >= 0.3 is 12.6 Å². The van der Waals surface area contributed by atoms with Crippen molar-refractivity contribution >= 4 is 29.2 Å². The highest BCUT2D eigenvalue weighted by atomic mass is 35.5. The lowest BCUT2D eigenvalue weighted by Crippen LogP contribution is -2.21. The number of ether oxygens (including phenoxy) is 2. The Kier molecular flexibility index (Phi) is 6.08. The number of halogens is 3. The van der Waals surface area contributed by atoms with Crippen molar-refractivity contribution in [3.05, 3.63) is 59.1 Å². The second kappa shape index (κ2) is 8.26. The van der Waals surface area contributed by atoms with E-state index in [1.165, 1.54) is 36.4 Å². The summed E-state index contributed by atoms with van der Waals surface area (Å²) in [6, 6.07) is 11.9. The summed E-state index contributed by atoms with van der Waals surface area (Å²) in [5.74, 6) is -1.67. The van der Waals surface area contributed by atoms with Crippen molar-refractivity contribution in [1.29, 1.82) is 0 Å². The van der Waals surface area contributed by atoms with Crippen LogP contribution in [0.4, 0.5) is 14.5 Å². The van der Waals surface area contributed by atoms with Gasteiger partial charge in [0.1, 0.15) is 5.75 Å². The second-order valence-corrected chi connectivity index (χ2v) is 4.89. The van der Waals surface area contributed by atoms with Crippen molar-refractivity contribution in [2.24, 2.45) is 0 Å². The zero-order chi connectivity index (χ0) is 17.5. The molecule has 0 spiro atoms. The van der Waals surface area contributed by atoms with Gasteiger partial charge < -0.3 is 14.8 Å². The lowest BCUT2D eigenvalue weighted by Gasteiger charge is -2.12. The van der Waals surface area contributed by atoms with E-state index in [9.17, 15) is 18.4 Å². The maximum atomic E-state index is 12.3. The van der Waals surface area contributed by atoms with Crippen LogP contribution in [-0.4, -0.2) is 25.1 Å². The standard InChI is InChI=1S/C16H12ClF2NO4/c17-11-6-2-1-5-10(11)15(22)23-9-14(21)20-12-7-3-4-8-13(12)24-16(18)19/h1-8,16H,9H2,(H,20,21). The van der Waals surface area contributed by atoms with Crippen LogP contribution in [0.25, 0.3) is 0 Å². The zero-order valence-corrected chi connectivity index (χ0v) is 12.9. The third kappa shape index (κ3) is 4.92. The van der Waals surface area contributed by atoms with Crippen molar-refractivity contribution in [1.82, 2.24) is 0 Å². The first-order valence-electron chi connectivity index (χ1n) is 6.72. The Morgan fingerprint density at radius 1 is 1.08 bits per heavy atom. The number of alkyl halides is 2. The van der Waals surface area contributed by atoms with Gasteiger partial charge in [0.2, 0.25) is 0 Å². The van der Waals surface area contributed by atoms with E-state index >= 15 is 0 Å². The predicted octanol–water partition coefficient (Wildman–Crippen LogP) is 3.74. The van der Waals surface area contributed by atoms with Crippen LogP contribution in [0.2, 0.25) is 5.02 Å². The Labute approximate surface area is 141 Å². The quantitative estimate of drug-likeness (QED) is 0.802. The van der Waals surface area contributed by atoms with E-state index in [1.807, 2.05) is 0 Å². The summed E-state index contributed by atoms with van der Waals surface area (Å²) < 4.78 is 33.7. The molecule has 2 aromatic carbocycles. The van der Waals surface area contributed by atoms with Crippen molar-refractivity contribution in [2.45, 2.75) is 6.61 Å². The van der Waals surface area contributed by atoms with Gasteiger partial charge in [-0.3, -0.25) is 4.79 Å². The van der Waals surface area contributed by atoms with E-state index in [-0.39, 0.29) is 22.0 Å². The number of rotatable bonds is 6. The molecule has 0 radical (unpaired) electrons. The van der Waals surface area contributed by atoms with Crippen LogP contribution in [-0.2, 0) is 9.53 Å². The molecule has 0 aliphatic carbocycles. The minimum Gasteiger partial charge on any atom is -0.452 e. The van der Waals surface area contributed by atoms with Crippen molar-refractivity contribution < 1.29 is 27.8 Å². The molecule has 8 heteroatoms. The number of benzene rings is 2. The monoisotopic (exact) mass is 355 g/mol. The molecule has 0 saturated heterocycles. The molecule has 24 heavy (non-hydrogen) atoms. The van der Waals surface area contributed by atoms with Gasteiger partial charge in [-0.2, -0.15) is 8.78 Å². The topological polar surface area (TPSA) is 64.6 Å². The first-order chi connectivity index (χ1) is 11.5. The lowest BCUT2D eigenvalue weighted by atomic mass is 10.2. The molecule has 0 heterocycles. The number of hydrogen-bond donors (Lipinski definition) is 1. The van der Waals surface area contributed by atoms with Crippen LogP contribution < -0.4 is 10.1 Å². The van der Waals surface area contributed by atoms with Gasteiger partial charge in [0.15, 0.2) is 6.61 Å². The number of esters is 1. The summed E-state index contributed by atoms with van der Waals surface area (Å²) in [4.78, 5) is 23.6. The largest absolute Gasteiger partial charge is 0.452 e. The Balaban J connectivity index is 1.95. The minimum atomic E-state index is -3.03. The Hall–Kier alpha value is -2.67. The normalized spacial score (nSPS) is 10.3. The first kappa shape index (κ1) is 17.7. The Morgan fingerprint density at radius 3 is 2.46 bits per heavy atom. The summed E-state index contributed by atoms with van der Waals surface area (Å²) in [7, 11) is 0. The molecule has 0 unspecified atom stereocenters. The molecule has 1 N–H and O–H groups in total. The number of para-hydroxylation sites is 2. The summed E-state index contributed by atoms with van der Waals surface area (Å²) in [6.45, 7) is -3.63. The fourth-order valence-electron chi connectivity index (χ4n) is 1.79. The number of carbonyl (C=O) groups excluding carboxylic acids is 2. The maximum Gasteiger partial charge on any atom is 0.387 e. The van der Waals surface area contributed by atoms with Gasteiger partial charge in [0, 0.05) is 0 Å². The van der Waals surface area contributed by atoms with Crippen LogP contribution in [0.15, 0.2) is 48.5 Å². The Bertz CT molecular complexity index is 740. The predicted molar refractivity (Wildman–Crippen MR) is 83.4 cm³/mol. The summed E-state index contributed by atoms with van der Waals surface area (Å²) in [5.41, 5.74) is 0.157. The van der Waals surface area contributed by atoms with E-state index in [4.69, 9.17) is 16.3 Å². The smallest absolute Gasteiger partial charge is 0.387 e. The number of nitrogens with one attached hydrogen (secondary N) is 1. The third-order valence-corrected chi connectivity index (χ3v) is 3.13. The van der Waals surface area contributed by atoms with Gasteiger partial charge in [0.25, 0.3) is 5.91 Å². The van der Waals surface area contributed by atoms with E-state index in [1.54, 1.807) is 12.1 Å². The highest BCUT2D eigenvalue weighted by molar-refractivity contribution is 6.33. The third-order valence-electron chi connectivity index (χ3n) is 2.81. The van der Waals surface area contributed by atoms with Gasteiger partial charge in [-0.15, -0.1) is 0 Å². The second-order valence-electron chi connectivity index (χ2n) is 4.48. The molecule has 0 aliphatic heterocycles. The summed E-state index contributed by atoms with van der Waals surface area (Å²) >= 11 is 5.84. The molecule has 0 aromatic heterocycles. The van der Waals surface area contributed by atoms with Gasteiger partial charge in [-0.05, 0) is 24.3 Å². The number of carbonyl (C=O) groups is 2. The number of hydrogen-bond acceptors (Lipinski definition) is 4. The average Bonchev–Trinajstić information content (AvgIpc) is 2.54. The van der Waals surface area contributed by atoms with Gasteiger partial charge in [-0.1, -0.05) is 35.9 Å². The van der Waals surface area contributed by atoms with Crippen molar-refractivity contribution in [2.75, 3.05) is 11.9 Å². The molecule has 0 saturated carbocycles. The van der Waals surface area contributed by atoms with E-state index < -0.39 is 25.1 Å². The van der Waals surface area contributed by atoms with Crippen LogP contribution >= 0.6 is 11.6 Å². The molecule has 0 aliphatic rings. The molecular weight excluding hydrogens is 344 g/mol. The maximum absolute atomic E-state index is 12.3. The van der Waals surface area contributed by atoms with E-state index in [0.717, 1.165) is 0 Å². The molecule has 1 amide bonds. The highest BCUT2D eigenvalue weighted by Gasteiger charge is 2.15. The highest BCUT2D eigenvalue weighted by Crippen LogP contribution is 2.25. The van der Waals surface area contributed by atoms with Crippen LogP contribution in [0.3, 0.4) is 0 Å². The summed E-state index contributed by atoms with van der Waals surface area (Å²) in [6.07, 6.45) is 0. The molecule has 0 atom stereocenters. The zero-order valence-electron chi connectivity index (χ0n) is 12.2. The molecule has 0 fully saturated rings. The SMILES string of the molecule is O=C(COC(=O)c1ccccc1Cl)Nc1ccccc1OC(F)F. The van der Waals surface area contributed by atoms with Gasteiger partial charge in [0.05, 0.1) is 16.3 Å². The van der Waals surface area contributed by atoms with Crippen LogP contribution in [0.5, 0.6) is 5.75 Å². The fraction of sp³-hybridized carbons (Fsp3) is 0.125. The number of anilines is 1. The average molecular weight is 356 g/mol. The minimum absolute atomic E-state index is 0.0385. The fourth-order valence-corrected chi connectivity index (χ4v) is 2.00. The Morgan fingerprint density at radius 2 is 1.75 bits per heavy atom. The number of amides is 1. The molecule has 2 aromatic rings. The molecule has 2 rings (SSSR count). The van der Waals surface area contributed by atoms with Crippen LogP contribution in [0, 0.1) is 0 Å². The van der Waals surface area contributed by atoms with Crippen molar-refractivity contribution in [3.8, 4) is 5.75 Å². The van der Waals surface area contributed by atoms with Crippen LogP contribution in [0.1, 0.15) is 10.4 Å².